The number of rotatable bonds is 3. The van der Waals surface area contributed by atoms with E-state index in [4.69, 9.17) is 0 Å². The van der Waals surface area contributed by atoms with Gasteiger partial charge in [0.1, 0.15) is 4.90 Å². The molecule has 5 nitrogen and oxygen atoms in total. The average Bonchev–Trinajstić information content (AvgIpc) is 3.01. The zero-order valence-corrected chi connectivity index (χ0v) is 12.1. The van der Waals surface area contributed by atoms with E-state index in [0.29, 0.717) is 0 Å². The van der Waals surface area contributed by atoms with Gasteiger partial charge in [-0.05, 0) is 30.4 Å². The topological polar surface area (TPSA) is 66.1 Å². The summed E-state index contributed by atoms with van der Waals surface area (Å²) in [6, 6.07) is 7.99. The van der Waals surface area contributed by atoms with Gasteiger partial charge in [-0.25, -0.2) is 8.42 Å². The van der Waals surface area contributed by atoms with Crippen molar-refractivity contribution in [3.63, 3.8) is 0 Å². The Morgan fingerprint density at radius 3 is 2.90 bits per heavy atom. The Morgan fingerprint density at radius 2 is 2.15 bits per heavy atom. The summed E-state index contributed by atoms with van der Waals surface area (Å²) in [6.45, 7) is 0. The molecule has 1 aliphatic rings. The van der Waals surface area contributed by atoms with Crippen LogP contribution in [0.25, 0.3) is 0 Å². The second-order valence-corrected chi connectivity index (χ2v) is 7.06. The van der Waals surface area contributed by atoms with Crippen LogP contribution in [-0.4, -0.2) is 30.0 Å². The van der Waals surface area contributed by atoms with E-state index in [1.54, 1.807) is 7.05 Å². The fourth-order valence-corrected chi connectivity index (χ4v) is 4.09. The van der Waals surface area contributed by atoms with Crippen molar-refractivity contribution in [3.8, 4) is 0 Å². The van der Waals surface area contributed by atoms with E-state index in [2.05, 4.69) is 16.3 Å². The summed E-state index contributed by atoms with van der Waals surface area (Å²) in [6.07, 6.45) is 5.64. The van der Waals surface area contributed by atoms with E-state index in [1.807, 2.05) is 18.2 Å². The van der Waals surface area contributed by atoms with Crippen LogP contribution in [0.15, 0.2) is 41.6 Å². The number of aryl methyl sites for hydroxylation is 1. The summed E-state index contributed by atoms with van der Waals surface area (Å²) in [4.78, 5) is 0.211. The molecule has 1 aromatic heterocycles. The molecule has 20 heavy (non-hydrogen) atoms. The predicted molar refractivity (Wildman–Crippen MR) is 75.7 cm³/mol. The average molecular weight is 291 g/mol. The quantitative estimate of drug-likeness (QED) is 0.942. The molecule has 0 spiro atoms. The van der Waals surface area contributed by atoms with Crippen molar-refractivity contribution in [1.29, 1.82) is 0 Å². The number of nitrogens with zero attached hydrogens (tertiary/aromatic N) is 2. The summed E-state index contributed by atoms with van der Waals surface area (Å²) < 4.78 is 26.6. The molecule has 1 heterocycles. The lowest BCUT2D eigenvalue weighted by molar-refractivity contribution is 0.337. The molecule has 6 heteroatoms. The van der Waals surface area contributed by atoms with Gasteiger partial charge in [-0.3, -0.25) is 5.10 Å². The summed E-state index contributed by atoms with van der Waals surface area (Å²) in [7, 11) is -1.85. The molecular weight excluding hydrogens is 274 g/mol. The number of aromatic nitrogens is 2. The first kappa shape index (κ1) is 13.3. The van der Waals surface area contributed by atoms with Crippen LogP contribution in [0.1, 0.15) is 30.0 Å². The molecule has 0 bridgehead atoms. The molecule has 1 unspecified atom stereocenters. The molecule has 0 saturated carbocycles. The van der Waals surface area contributed by atoms with Crippen molar-refractivity contribution >= 4 is 10.0 Å². The number of aromatic amines is 1. The second-order valence-electron chi connectivity index (χ2n) is 5.06. The Hall–Kier alpha value is -1.66. The minimum atomic E-state index is -3.50. The van der Waals surface area contributed by atoms with Crippen LogP contribution in [0.2, 0.25) is 0 Å². The minimum absolute atomic E-state index is 0.0974. The Labute approximate surface area is 118 Å². The summed E-state index contributed by atoms with van der Waals surface area (Å²) in [5, 5.41) is 6.29. The SMILES string of the molecule is CN(C1CCCc2ccccc21)S(=O)(=O)c1cn[nH]c1. The van der Waals surface area contributed by atoms with Crippen LogP contribution in [0.5, 0.6) is 0 Å². The van der Waals surface area contributed by atoms with Crippen LogP contribution in [0, 0.1) is 0 Å². The maximum Gasteiger partial charge on any atom is 0.246 e. The van der Waals surface area contributed by atoms with Gasteiger partial charge in [0.15, 0.2) is 0 Å². The van der Waals surface area contributed by atoms with Gasteiger partial charge in [0, 0.05) is 19.3 Å². The van der Waals surface area contributed by atoms with Gasteiger partial charge in [0.2, 0.25) is 10.0 Å². The van der Waals surface area contributed by atoms with Gasteiger partial charge in [-0.1, -0.05) is 24.3 Å². The van der Waals surface area contributed by atoms with Crippen molar-refractivity contribution in [1.82, 2.24) is 14.5 Å². The largest absolute Gasteiger partial charge is 0.284 e. The van der Waals surface area contributed by atoms with Gasteiger partial charge < -0.3 is 0 Å². The number of nitrogens with one attached hydrogen (secondary N) is 1. The fourth-order valence-electron chi connectivity index (χ4n) is 2.82. The normalized spacial score (nSPS) is 19.0. The minimum Gasteiger partial charge on any atom is -0.284 e. The first-order chi connectivity index (χ1) is 9.60. The maximum absolute atomic E-state index is 12.6. The molecule has 2 aromatic rings. The lowest BCUT2D eigenvalue weighted by Gasteiger charge is -2.32. The molecule has 1 atom stereocenters. The number of hydrogen-bond donors (Lipinski definition) is 1. The molecule has 0 radical (unpaired) electrons. The van der Waals surface area contributed by atoms with Crippen LogP contribution in [0.4, 0.5) is 0 Å². The van der Waals surface area contributed by atoms with Crippen LogP contribution >= 0.6 is 0 Å². The molecule has 0 amide bonds. The number of benzene rings is 1. The Balaban J connectivity index is 1.99. The molecule has 106 valence electrons. The highest BCUT2D eigenvalue weighted by Gasteiger charge is 2.32. The van der Waals surface area contributed by atoms with E-state index in [-0.39, 0.29) is 10.9 Å². The van der Waals surface area contributed by atoms with Crippen molar-refractivity contribution in [2.24, 2.45) is 0 Å². The first-order valence-electron chi connectivity index (χ1n) is 6.65. The standard InChI is InChI=1S/C14H17N3O2S/c1-17(20(18,19)12-9-15-16-10-12)14-8-4-6-11-5-2-3-7-13(11)14/h2-3,5,7,9-10,14H,4,6,8H2,1H3,(H,15,16). The second kappa shape index (κ2) is 5.03. The van der Waals surface area contributed by atoms with E-state index < -0.39 is 10.0 Å². The third-order valence-electron chi connectivity index (χ3n) is 3.93. The summed E-state index contributed by atoms with van der Waals surface area (Å²) in [5.74, 6) is 0. The van der Waals surface area contributed by atoms with Crippen molar-refractivity contribution in [2.75, 3.05) is 7.05 Å². The number of fused-ring (bicyclic) bond motifs is 1. The molecule has 1 aromatic carbocycles. The number of H-pyrrole nitrogens is 1. The monoisotopic (exact) mass is 291 g/mol. The zero-order valence-electron chi connectivity index (χ0n) is 11.3. The molecule has 3 rings (SSSR count). The van der Waals surface area contributed by atoms with Gasteiger partial charge in [-0.15, -0.1) is 0 Å². The Bertz CT molecular complexity index is 695. The van der Waals surface area contributed by atoms with Crippen LogP contribution in [0.3, 0.4) is 0 Å². The number of hydrogen-bond acceptors (Lipinski definition) is 3. The molecule has 0 fully saturated rings. The highest BCUT2D eigenvalue weighted by molar-refractivity contribution is 7.89. The fraction of sp³-hybridized carbons (Fsp3) is 0.357. The third kappa shape index (κ3) is 2.14. The van der Waals surface area contributed by atoms with Crippen molar-refractivity contribution < 1.29 is 8.42 Å². The van der Waals surface area contributed by atoms with Crippen LogP contribution in [-0.2, 0) is 16.4 Å². The highest BCUT2D eigenvalue weighted by atomic mass is 32.2. The molecule has 0 saturated heterocycles. The van der Waals surface area contributed by atoms with Gasteiger partial charge in [-0.2, -0.15) is 9.40 Å². The highest BCUT2D eigenvalue weighted by Crippen LogP contribution is 2.35. The third-order valence-corrected chi connectivity index (χ3v) is 5.76. The lowest BCUT2D eigenvalue weighted by Crippen LogP contribution is -2.33. The van der Waals surface area contributed by atoms with Gasteiger partial charge in [0.25, 0.3) is 0 Å². The Kier molecular flexibility index (Phi) is 3.35. The van der Waals surface area contributed by atoms with Crippen LogP contribution < -0.4 is 0 Å². The van der Waals surface area contributed by atoms with Gasteiger partial charge in [0.05, 0.1) is 6.20 Å². The first-order valence-corrected chi connectivity index (χ1v) is 8.09. The zero-order chi connectivity index (χ0) is 14.2. The van der Waals surface area contributed by atoms with Crippen molar-refractivity contribution in [2.45, 2.75) is 30.2 Å². The van der Waals surface area contributed by atoms with Crippen molar-refractivity contribution in [3.05, 3.63) is 47.8 Å². The molecule has 1 N–H and O–H groups in total. The predicted octanol–water partition coefficient (Wildman–Crippen LogP) is 2.11. The molecular formula is C14H17N3O2S. The Morgan fingerprint density at radius 1 is 1.35 bits per heavy atom. The summed E-state index contributed by atoms with van der Waals surface area (Å²) >= 11 is 0. The summed E-state index contributed by atoms with van der Waals surface area (Å²) in [5.41, 5.74) is 2.37. The van der Waals surface area contributed by atoms with Gasteiger partial charge >= 0.3 is 0 Å². The van der Waals surface area contributed by atoms with E-state index in [9.17, 15) is 8.42 Å². The van der Waals surface area contributed by atoms with E-state index in [1.165, 1.54) is 22.3 Å². The number of sulfonamides is 1. The molecule has 0 aliphatic heterocycles. The molecule has 1 aliphatic carbocycles. The van der Waals surface area contributed by atoms with E-state index >= 15 is 0 Å². The maximum atomic E-state index is 12.6. The lowest BCUT2D eigenvalue weighted by atomic mass is 9.88. The smallest absolute Gasteiger partial charge is 0.246 e. The van der Waals surface area contributed by atoms with E-state index in [0.717, 1.165) is 24.8 Å².